The number of fused-ring (bicyclic) bond motifs is 4. The lowest BCUT2D eigenvalue weighted by Gasteiger charge is -2.19. The zero-order valence-electron chi connectivity index (χ0n) is 21.5. The van der Waals surface area contributed by atoms with Crippen molar-refractivity contribution in [1.29, 1.82) is 0 Å². The number of rotatable bonds is 6. The number of carboxylic acid groups (broad SMARTS) is 1. The van der Waals surface area contributed by atoms with Gasteiger partial charge < -0.3 is 14.8 Å². The average molecular weight is 504 g/mol. The van der Waals surface area contributed by atoms with Crippen LogP contribution in [0.25, 0.3) is 22.6 Å². The summed E-state index contributed by atoms with van der Waals surface area (Å²) in [6.07, 6.45) is 3.34. The Hall–Kier alpha value is -4.22. The summed E-state index contributed by atoms with van der Waals surface area (Å²) in [7, 11) is 0. The van der Waals surface area contributed by atoms with Crippen molar-refractivity contribution in [3.8, 4) is 0 Å². The monoisotopic (exact) mass is 503 g/mol. The minimum atomic E-state index is -0.955. The molecule has 1 aliphatic carbocycles. The predicted molar refractivity (Wildman–Crippen MR) is 150 cm³/mol. The second kappa shape index (κ2) is 9.26. The van der Waals surface area contributed by atoms with Gasteiger partial charge in [-0.3, -0.25) is 4.79 Å². The predicted octanol–water partition coefficient (Wildman–Crippen LogP) is 6.66. The summed E-state index contributed by atoms with van der Waals surface area (Å²) in [6, 6.07) is 21.5. The van der Waals surface area contributed by atoms with E-state index in [1.54, 1.807) is 18.2 Å². The van der Waals surface area contributed by atoms with Gasteiger partial charge >= 0.3 is 5.97 Å². The molecule has 1 saturated heterocycles. The van der Waals surface area contributed by atoms with Gasteiger partial charge in [-0.25, -0.2) is 4.79 Å². The molecule has 1 aromatic heterocycles. The minimum Gasteiger partial charge on any atom is -0.478 e. The lowest BCUT2D eigenvalue weighted by molar-refractivity contribution is 0.0696. The van der Waals surface area contributed by atoms with Crippen LogP contribution in [0.15, 0.2) is 88.1 Å². The van der Waals surface area contributed by atoms with Crippen LogP contribution < -0.4 is 10.7 Å². The third-order valence-corrected chi connectivity index (χ3v) is 7.85. The van der Waals surface area contributed by atoms with Gasteiger partial charge in [0.1, 0.15) is 11.3 Å². The van der Waals surface area contributed by atoms with Crippen molar-refractivity contribution in [2.45, 2.75) is 44.7 Å². The van der Waals surface area contributed by atoms with E-state index in [1.165, 1.54) is 5.56 Å². The molecular weight excluding hydrogens is 474 g/mol. The van der Waals surface area contributed by atoms with E-state index in [4.69, 9.17) is 4.42 Å². The van der Waals surface area contributed by atoms with Crippen molar-refractivity contribution in [3.05, 3.63) is 128 Å². The Morgan fingerprint density at radius 2 is 1.89 bits per heavy atom. The van der Waals surface area contributed by atoms with Crippen molar-refractivity contribution in [2.24, 2.45) is 0 Å². The smallest absolute Gasteiger partial charge is 0.335 e. The molecule has 3 atom stereocenters. The van der Waals surface area contributed by atoms with Crippen LogP contribution in [0.5, 0.6) is 0 Å². The Kier molecular flexibility index (Phi) is 5.88. The zero-order valence-corrected chi connectivity index (χ0v) is 21.5. The number of nitrogens with one attached hydrogen (secondary N) is 1. The van der Waals surface area contributed by atoms with Gasteiger partial charge in [-0.05, 0) is 65.8 Å². The fraction of sp³-hybridized carbons (Fsp3) is 0.212. The molecule has 5 nitrogen and oxygen atoms in total. The third-order valence-electron chi connectivity index (χ3n) is 7.85. The highest BCUT2D eigenvalue weighted by molar-refractivity contribution is 5.90. The fourth-order valence-electron chi connectivity index (χ4n) is 5.65. The van der Waals surface area contributed by atoms with Gasteiger partial charge in [0.2, 0.25) is 0 Å². The Morgan fingerprint density at radius 1 is 1.13 bits per heavy atom. The Balaban J connectivity index is 1.42. The highest BCUT2D eigenvalue weighted by Crippen LogP contribution is 2.43. The standard InChI is InChI=1S/C33H29NO4/c1-18-12-26(20(3)19(2)14-21-8-5-7-11-25(21)33(36)37)32-27(13-18)29(35)17-30(38-32)23-15-22-9-4-6-10-24(22)31-28(16-23)34-31/h4-13,15,17,20,28,31,34H,2,14,16H2,1,3H3,(H,36,37). The highest BCUT2D eigenvalue weighted by Gasteiger charge is 2.41. The number of benzene rings is 3. The number of aromatic carboxylic acids is 1. The van der Waals surface area contributed by atoms with Crippen LogP contribution in [0.4, 0.5) is 0 Å². The summed E-state index contributed by atoms with van der Waals surface area (Å²) in [4.78, 5) is 25.1. The summed E-state index contributed by atoms with van der Waals surface area (Å²) in [5.41, 5.74) is 7.61. The second-order valence-electron chi connectivity index (χ2n) is 10.5. The van der Waals surface area contributed by atoms with Gasteiger partial charge in [0.05, 0.1) is 10.9 Å². The van der Waals surface area contributed by atoms with E-state index in [1.807, 2.05) is 44.2 Å². The first-order valence-electron chi connectivity index (χ1n) is 12.9. The van der Waals surface area contributed by atoms with Gasteiger partial charge in [0.15, 0.2) is 5.43 Å². The average Bonchev–Trinajstić information content (AvgIpc) is 3.68. The largest absolute Gasteiger partial charge is 0.478 e. The molecule has 38 heavy (non-hydrogen) atoms. The van der Waals surface area contributed by atoms with Gasteiger partial charge in [0.25, 0.3) is 0 Å². The van der Waals surface area contributed by atoms with E-state index in [9.17, 15) is 14.7 Å². The summed E-state index contributed by atoms with van der Waals surface area (Å²) >= 11 is 0. The van der Waals surface area contributed by atoms with E-state index in [2.05, 4.69) is 36.2 Å². The quantitative estimate of drug-likeness (QED) is 0.227. The summed E-state index contributed by atoms with van der Waals surface area (Å²) in [6.45, 7) is 8.32. The number of carbonyl (C=O) groups is 1. The lowest BCUT2D eigenvalue weighted by atomic mass is 9.87. The SMILES string of the molecule is C=C(Cc1ccccc1C(=O)O)C(C)c1cc(C)cc2c(=O)cc(C3=Cc4ccccc4C4NC4C3)oc12. The highest BCUT2D eigenvalue weighted by atomic mass is 16.4. The van der Waals surface area contributed by atoms with Gasteiger partial charge in [0, 0.05) is 29.6 Å². The molecule has 190 valence electrons. The van der Waals surface area contributed by atoms with Crippen molar-refractivity contribution in [1.82, 2.24) is 5.32 Å². The first kappa shape index (κ1) is 24.1. The van der Waals surface area contributed by atoms with Gasteiger partial charge in [-0.15, -0.1) is 0 Å². The molecule has 3 aromatic carbocycles. The molecule has 0 bridgehead atoms. The molecule has 0 amide bonds. The van der Waals surface area contributed by atoms with E-state index < -0.39 is 5.97 Å². The van der Waals surface area contributed by atoms with Crippen LogP contribution in [0.3, 0.4) is 0 Å². The van der Waals surface area contributed by atoms with Crippen LogP contribution in [-0.2, 0) is 6.42 Å². The first-order valence-corrected chi connectivity index (χ1v) is 12.9. The Labute approximate surface area is 221 Å². The van der Waals surface area contributed by atoms with E-state index in [0.717, 1.165) is 34.3 Å². The molecule has 2 aliphatic rings. The van der Waals surface area contributed by atoms with Crippen molar-refractivity contribution < 1.29 is 14.3 Å². The summed E-state index contributed by atoms with van der Waals surface area (Å²) in [5.74, 6) is -0.523. The molecule has 6 rings (SSSR count). The number of carboxylic acids is 1. The number of hydrogen-bond donors (Lipinski definition) is 2. The molecule has 3 unspecified atom stereocenters. The van der Waals surface area contributed by atoms with Crippen LogP contribution in [0.1, 0.15) is 69.2 Å². The maximum absolute atomic E-state index is 13.4. The third kappa shape index (κ3) is 4.29. The van der Waals surface area contributed by atoms with Gasteiger partial charge in [-0.2, -0.15) is 0 Å². The van der Waals surface area contributed by atoms with Crippen LogP contribution in [0.2, 0.25) is 0 Å². The summed E-state index contributed by atoms with van der Waals surface area (Å²) < 4.78 is 6.56. The maximum Gasteiger partial charge on any atom is 0.335 e. The normalized spacial score (nSPS) is 18.6. The number of allylic oxidation sites excluding steroid dienone is 1. The van der Waals surface area contributed by atoms with Crippen molar-refractivity contribution in [3.63, 3.8) is 0 Å². The van der Waals surface area contributed by atoms with Crippen molar-refractivity contribution >= 4 is 28.6 Å². The van der Waals surface area contributed by atoms with Crippen LogP contribution in [0, 0.1) is 6.92 Å². The van der Waals surface area contributed by atoms with Crippen LogP contribution in [-0.4, -0.2) is 17.1 Å². The Bertz CT molecular complexity index is 1710. The second-order valence-corrected chi connectivity index (χ2v) is 10.5. The molecular formula is C33H29NO4. The molecule has 0 radical (unpaired) electrons. The number of hydrogen-bond acceptors (Lipinski definition) is 4. The maximum atomic E-state index is 13.4. The molecule has 2 heterocycles. The van der Waals surface area contributed by atoms with Crippen LogP contribution >= 0.6 is 0 Å². The van der Waals surface area contributed by atoms with E-state index >= 15 is 0 Å². The molecule has 4 aromatic rings. The topological polar surface area (TPSA) is 89.5 Å². The van der Waals surface area contributed by atoms with Crippen molar-refractivity contribution in [2.75, 3.05) is 0 Å². The van der Waals surface area contributed by atoms with E-state index in [-0.39, 0.29) is 16.9 Å². The first-order chi connectivity index (χ1) is 18.3. The van der Waals surface area contributed by atoms with E-state index in [0.29, 0.717) is 40.8 Å². The summed E-state index contributed by atoms with van der Waals surface area (Å²) in [5, 5.41) is 13.7. The molecule has 5 heteroatoms. The lowest BCUT2D eigenvalue weighted by Crippen LogP contribution is -2.09. The Morgan fingerprint density at radius 3 is 2.71 bits per heavy atom. The molecule has 0 saturated carbocycles. The molecule has 1 aliphatic heterocycles. The number of aryl methyl sites for hydroxylation is 1. The molecule has 0 spiro atoms. The molecule has 2 N–H and O–H groups in total. The molecule has 1 fully saturated rings. The van der Waals surface area contributed by atoms with Gasteiger partial charge in [-0.1, -0.05) is 67.6 Å². The zero-order chi connectivity index (χ0) is 26.6. The minimum absolute atomic E-state index is 0.0704. The fourth-order valence-corrected chi connectivity index (χ4v) is 5.65.